The first kappa shape index (κ1) is 32.8. The first-order chi connectivity index (χ1) is 28.2. The van der Waals surface area contributed by atoms with Crippen molar-refractivity contribution in [2.45, 2.75) is 0 Å². The van der Waals surface area contributed by atoms with Crippen LogP contribution in [0.5, 0.6) is 0 Å². The molecule has 11 aromatic rings. The van der Waals surface area contributed by atoms with E-state index in [1.807, 2.05) is 12.1 Å². The van der Waals surface area contributed by atoms with E-state index in [0.29, 0.717) is 0 Å². The van der Waals surface area contributed by atoms with E-state index < -0.39 is 0 Å². The molecule has 9 aromatic carbocycles. The molecule has 268 valence electrons. The summed E-state index contributed by atoms with van der Waals surface area (Å²) in [7, 11) is 0. The number of furan rings is 1. The van der Waals surface area contributed by atoms with Crippen LogP contribution >= 0.6 is 0 Å². The Labute approximate surface area is 330 Å². The topological polar surface area (TPSA) is 21.3 Å². The van der Waals surface area contributed by atoms with E-state index in [0.717, 1.165) is 72.5 Å². The van der Waals surface area contributed by atoms with Crippen molar-refractivity contribution in [3.8, 4) is 39.1 Å². The van der Waals surface area contributed by atoms with E-state index in [1.54, 1.807) is 0 Å². The summed E-state index contributed by atoms with van der Waals surface area (Å²) in [6.45, 7) is 0. The molecule has 0 aliphatic rings. The Hall–Kier alpha value is -7.62. The minimum absolute atomic E-state index is 0.897. The van der Waals surface area contributed by atoms with Crippen molar-refractivity contribution < 1.29 is 4.42 Å². The second-order valence-electron chi connectivity index (χ2n) is 14.6. The first-order valence-corrected chi connectivity index (χ1v) is 19.4. The lowest BCUT2D eigenvalue weighted by Crippen LogP contribution is -2.09. The molecule has 0 atom stereocenters. The summed E-state index contributed by atoms with van der Waals surface area (Å²) in [6.07, 6.45) is 0. The number of anilines is 3. The van der Waals surface area contributed by atoms with Gasteiger partial charge in [-0.15, -0.1) is 0 Å². The Morgan fingerprint density at radius 3 is 1.46 bits per heavy atom. The van der Waals surface area contributed by atoms with Gasteiger partial charge in [-0.1, -0.05) is 115 Å². The van der Waals surface area contributed by atoms with Crippen molar-refractivity contribution in [1.82, 2.24) is 4.57 Å². The highest BCUT2D eigenvalue weighted by molar-refractivity contribution is 6.11. The van der Waals surface area contributed by atoms with Crippen LogP contribution in [0, 0.1) is 0 Å². The zero-order chi connectivity index (χ0) is 37.7. The number of para-hydroxylation sites is 5. The van der Waals surface area contributed by atoms with E-state index in [4.69, 9.17) is 4.42 Å². The number of nitrogens with zero attached hydrogens (tertiary/aromatic N) is 2. The van der Waals surface area contributed by atoms with Gasteiger partial charge in [0.25, 0.3) is 0 Å². The van der Waals surface area contributed by atoms with Gasteiger partial charge < -0.3 is 13.9 Å². The predicted molar refractivity (Wildman–Crippen MR) is 239 cm³/mol. The van der Waals surface area contributed by atoms with Crippen LogP contribution in [0.1, 0.15) is 0 Å². The summed E-state index contributed by atoms with van der Waals surface area (Å²) in [5, 5.41) is 4.72. The summed E-state index contributed by atoms with van der Waals surface area (Å²) in [4.78, 5) is 2.30. The molecule has 2 aromatic heterocycles. The Balaban J connectivity index is 1.08. The van der Waals surface area contributed by atoms with Crippen molar-refractivity contribution in [3.05, 3.63) is 218 Å². The largest absolute Gasteiger partial charge is 0.456 e. The lowest BCUT2D eigenvalue weighted by molar-refractivity contribution is 0.669. The van der Waals surface area contributed by atoms with Crippen LogP contribution in [0.15, 0.2) is 223 Å². The van der Waals surface area contributed by atoms with Crippen molar-refractivity contribution >= 4 is 60.8 Å². The lowest BCUT2D eigenvalue weighted by Gasteiger charge is -2.25. The third kappa shape index (κ3) is 5.76. The monoisotopic (exact) mass is 728 g/mol. The third-order valence-electron chi connectivity index (χ3n) is 11.2. The van der Waals surface area contributed by atoms with Gasteiger partial charge in [0.15, 0.2) is 0 Å². The van der Waals surface area contributed by atoms with Crippen LogP contribution in [0.4, 0.5) is 17.1 Å². The van der Waals surface area contributed by atoms with Crippen molar-refractivity contribution in [2.24, 2.45) is 0 Å². The molecular formula is C54H36N2O. The van der Waals surface area contributed by atoms with E-state index >= 15 is 0 Å². The minimum Gasteiger partial charge on any atom is -0.456 e. The zero-order valence-electron chi connectivity index (χ0n) is 31.1. The van der Waals surface area contributed by atoms with Gasteiger partial charge in [-0.2, -0.15) is 0 Å². The molecule has 0 unspecified atom stereocenters. The molecule has 0 aliphatic carbocycles. The maximum Gasteiger partial charge on any atom is 0.135 e. The smallest absolute Gasteiger partial charge is 0.135 e. The maximum atomic E-state index is 6.23. The Kier molecular flexibility index (Phi) is 7.82. The molecule has 0 spiro atoms. The molecule has 0 bridgehead atoms. The Morgan fingerprint density at radius 2 is 0.772 bits per heavy atom. The molecule has 3 nitrogen and oxygen atoms in total. The first-order valence-electron chi connectivity index (χ1n) is 19.4. The van der Waals surface area contributed by atoms with Gasteiger partial charge in [-0.25, -0.2) is 0 Å². The molecule has 0 radical (unpaired) electrons. The summed E-state index contributed by atoms with van der Waals surface area (Å²) < 4.78 is 8.60. The molecule has 0 N–H and O–H groups in total. The molecule has 0 saturated carbocycles. The summed E-state index contributed by atoms with van der Waals surface area (Å²) in [6, 6.07) is 78.2. The molecule has 57 heavy (non-hydrogen) atoms. The van der Waals surface area contributed by atoms with Crippen molar-refractivity contribution in [2.75, 3.05) is 4.90 Å². The highest BCUT2D eigenvalue weighted by atomic mass is 16.3. The highest BCUT2D eigenvalue weighted by Gasteiger charge is 2.17. The van der Waals surface area contributed by atoms with Crippen LogP contribution < -0.4 is 4.90 Å². The fourth-order valence-electron chi connectivity index (χ4n) is 8.45. The maximum absolute atomic E-state index is 6.23. The Bertz CT molecular complexity index is 3180. The van der Waals surface area contributed by atoms with E-state index in [1.165, 1.54) is 27.4 Å². The van der Waals surface area contributed by atoms with Gasteiger partial charge in [0.2, 0.25) is 0 Å². The van der Waals surface area contributed by atoms with Crippen LogP contribution in [0.3, 0.4) is 0 Å². The number of rotatable bonds is 7. The molecular weight excluding hydrogens is 693 g/mol. The number of hydrogen-bond acceptors (Lipinski definition) is 2. The van der Waals surface area contributed by atoms with E-state index in [9.17, 15) is 0 Å². The van der Waals surface area contributed by atoms with Crippen LogP contribution in [0.2, 0.25) is 0 Å². The quantitative estimate of drug-likeness (QED) is 0.163. The minimum atomic E-state index is 0.897. The SMILES string of the molecule is c1ccc(N(c2ccccc2)c2ccc(-c3cc(-c4ccc5oc6ccccc6c5c4)cc(-c4ccc5c(c4)c4ccccc4n5-c4ccccc4)c3)cc2)cc1. The predicted octanol–water partition coefficient (Wildman–Crippen LogP) is 15.2. The van der Waals surface area contributed by atoms with Gasteiger partial charge in [0.1, 0.15) is 11.2 Å². The van der Waals surface area contributed by atoms with Gasteiger partial charge >= 0.3 is 0 Å². The summed E-state index contributed by atoms with van der Waals surface area (Å²) in [5.41, 5.74) is 15.6. The normalized spacial score (nSPS) is 11.5. The fourth-order valence-corrected chi connectivity index (χ4v) is 8.45. The van der Waals surface area contributed by atoms with Crippen molar-refractivity contribution in [3.63, 3.8) is 0 Å². The van der Waals surface area contributed by atoms with Gasteiger partial charge in [-0.05, 0) is 137 Å². The summed E-state index contributed by atoms with van der Waals surface area (Å²) >= 11 is 0. The molecule has 0 saturated heterocycles. The van der Waals surface area contributed by atoms with Crippen LogP contribution in [-0.4, -0.2) is 4.57 Å². The Morgan fingerprint density at radius 1 is 0.298 bits per heavy atom. The second kappa shape index (κ2) is 13.6. The standard InChI is InChI=1S/C54H36N2O/c1-4-14-43(15-5-1)55(44-16-6-2-7-17-44)46-28-24-37(25-29-46)40-32-41(34-42(33-40)39-27-31-54-50(36-39)48-21-11-13-23-53(48)57-54)38-26-30-52-49(35-38)47-20-10-12-22-51(47)56(52)45-18-8-3-9-19-45/h1-36H. The van der Waals surface area contributed by atoms with E-state index in [-0.39, 0.29) is 0 Å². The van der Waals surface area contributed by atoms with Crippen LogP contribution in [-0.2, 0) is 0 Å². The molecule has 3 heteroatoms. The van der Waals surface area contributed by atoms with Crippen LogP contribution in [0.25, 0.3) is 82.8 Å². The van der Waals surface area contributed by atoms with Gasteiger partial charge in [0, 0.05) is 44.3 Å². The molecule has 0 amide bonds. The molecule has 0 aliphatic heterocycles. The van der Waals surface area contributed by atoms with Crippen molar-refractivity contribution in [1.29, 1.82) is 0 Å². The lowest BCUT2D eigenvalue weighted by atomic mass is 9.92. The molecule has 2 heterocycles. The van der Waals surface area contributed by atoms with Gasteiger partial charge in [-0.3, -0.25) is 0 Å². The zero-order valence-corrected chi connectivity index (χ0v) is 31.1. The van der Waals surface area contributed by atoms with Gasteiger partial charge in [0.05, 0.1) is 11.0 Å². The number of fused-ring (bicyclic) bond motifs is 6. The fraction of sp³-hybridized carbons (Fsp3) is 0. The number of benzene rings is 9. The average Bonchev–Trinajstić information content (AvgIpc) is 3.83. The summed E-state index contributed by atoms with van der Waals surface area (Å²) in [5.74, 6) is 0. The number of hydrogen-bond donors (Lipinski definition) is 0. The third-order valence-corrected chi connectivity index (χ3v) is 11.2. The number of aromatic nitrogens is 1. The van der Waals surface area contributed by atoms with E-state index in [2.05, 4.69) is 216 Å². The molecule has 0 fully saturated rings. The highest BCUT2D eigenvalue weighted by Crippen LogP contribution is 2.41. The molecule has 11 rings (SSSR count). The second-order valence-corrected chi connectivity index (χ2v) is 14.6. The average molecular weight is 729 g/mol.